The molecule has 0 saturated carbocycles. The van der Waals surface area contributed by atoms with Crippen molar-refractivity contribution in [3.63, 3.8) is 0 Å². The highest BCUT2D eigenvalue weighted by molar-refractivity contribution is 9.10. The van der Waals surface area contributed by atoms with E-state index in [-0.39, 0.29) is 11.3 Å². The monoisotopic (exact) mass is 844 g/mol. The first kappa shape index (κ1) is 35.9. The number of aromatic nitrogens is 2. The van der Waals surface area contributed by atoms with Gasteiger partial charge in [0.15, 0.2) is 0 Å². The predicted octanol–water partition coefficient (Wildman–Crippen LogP) is 10.5. The van der Waals surface area contributed by atoms with Gasteiger partial charge in [0.1, 0.15) is 11.2 Å². The number of nitrogens with zero attached hydrogens (tertiary/aromatic N) is 2. The molecule has 0 atom stereocenters. The molecule has 0 fully saturated rings. The fourth-order valence-electron chi connectivity index (χ4n) is 8.62. The van der Waals surface area contributed by atoms with E-state index in [0.29, 0.717) is 27.4 Å². The van der Waals surface area contributed by atoms with Crippen LogP contribution in [0.15, 0.2) is 193 Å². The topological polar surface area (TPSA) is 111 Å². The minimum atomic E-state index is -1.52. The smallest absolute Gasteiger partial charge is 0.423 e. The molecule has 0 aliphatic heterocycles. The van der Waals surface area contributed by atoms with Crippen molar-refractivity contribution in [2.45, 2.75) is 0 Å². The molecule has 12 rings (SSSR count). The Labute approximate surface area is 348 Å². The summed E-state index contributed by atoms with van der Waals surface area (Å²) in [6.45, 7) is 0. The third kappa shape index (κ3) is 5.68. The van der Waals surface area contributed by atoms with Gasteiger partial charge in [0, 0.05) is 58.9 Å². The lowest BCUT2D eigenvalue weighted by atomic mass is 9.80. The van der Waals surface area contributed by atoms with Gasteiger partial charge in [0.05, 0.1) is 32.8 Å². The molecule has 0 saturated heterocycles. The van der Waals surface area contributed by atoms with E-state index in [2.05, 4.69) is 73.6 Å². The van der Waals surface area contributed by atoms with Crippen LogP contribution in [0.4, 0.5) is 0 Å². The Hall–Kier alpha value is -7.24. The molecule has 0 radical (unpaired) electrons. The van der Waals surface area contributed by atoms with Gasteiger partial charge in [0.2, 0.25) is 0 Å². The normalized spacial score (nSPS) is 11.7. The Balaban J connectivity index is 0.000000136. The number of benzene rings is 8. The number of hydrogen-bond donors (Lipinski definition) is 2. The molecular formula is C50H30BBrN2O6. The molecule has 12 aromatic rings. The summed E-state index contributed by atoms with van der Waals surface area (Å²) in [6.07, 6.45) is 0. The number of rotatable bonds is 3. The van der Waals surface area contributed by atoms with Crippen LogP contribution in [0.3, 0.4) is 0 Å². The lowest BCUT2D eigenvalue weighted by Crippen LogP contribution is -2.29. The second kappa shape index (κ2) is 14.0. The van der Waals surface area contributed by atoms with Crippen molar-refractivity contribution in [1.29, 1.82) is 0 Å². The molecule has 8 aromatic carbocycles. The molecule has 0 unspecified atom stereocenters. The summed E-state index contributed by atoms with van der Waals surface area (Å²) in [5, 5.41) is 28.0. The van der Waals surface area contributed by atoms with Crippen LogP contribution in [0.25, 0.3) is 98.5 Å². The maximum absolute atomic E-state index is 12.8. The Morgan fingerprint density at radius 1 is 0.400 bits per heavy atom. The quantitative estimate of drug-likeness (QED) is 0.104. The summed E-state index contributed by atoms with van der Waals surface area (Å²) in [7, 11) is -1.52. The van der Waals surface area contributed by atoms with Crippen LogP contribution in [0.1, 0.15) is 0 Å². The van der Waals surface area contributed by atoms with Gasteiger partial charge in [-0.15, -0.1) is 0 Å². The number of halogens is 1. The molecule has 0 amide bonds. The molecule has 0 spiro atoms. The van der Waals surface area contributed by atoms with Crippen molar-refractivity contribution in [2.75, 3.05) is 0 Å². The molecule has 4 heterocycles. The molecule has 0 aliphatic rings. The van der Waals surface area contributed by atoms with Crippen LogP contribution in [-0.4, -0.2) is 26.3 Å². The van der Waals surface area contributed by atoms with Crippen molar-refractivity contribution in [3.05, 3.63) is 195 Å². The molecular weight excluding hydrogens is 815 g/mol. The van der Waals surface area contributed by atoms with Crippen LogP contribution < -0.4 is 16.7 Å². The van der Waals surface area contributed by atoms with E-state index in [0.717, 1.165) is 81.0 Å². The molecule has 60 heavy (non-hydrogen) atoms. The molecule has 0 bridgehead atoms. The van der Waals surface area contributed by atoms with Crippen LogP contribution >= 0.6 is 15.9 Å². The summed E-state index contributed by atoms with van der Waals surface area (Å²) in [4.78, 5) is 25.5. The summed E-state index contributed by atoms with van der Waals surface area (Å²) in [5.41, 5.74) is 6.80. The third-order valence-electron chi connectivity index (χ3n) is 11.4. The highest BCUT2D eigenvalue weighted by Crippen LogP contribution is 2.38. The Morgan fingerprint density at radius 2 is 0.800 bits per heavy atom. The van der Waals surface area contributed by atoms with Crippen molar-refractivity contribution in [3.8, 4) is 11.4 Å². The highest BCUT2D eigenvalue weighted by Gasteiger charge is 2.19. The summed E-state index contributed by atoms with van der Waals surface area (Å²) >= 11 is 3.51. The number of para-hydroxylation sites is 4. The Kier molecular flexibility index (Phi) is 8.35. The largest absolute Gasteiger partial charge is 0.488 e. The van der Waals surface area contributed by atoms with Gasteiger partial charge in [-0.1, -0.05) is 101 Å². The fraction of sp³-hybridized carbons (Fsp3) is 0. The number of hydrogen-bond acceptors (Lipinski definition) is 6. The summed E-state index contributed by atoms with van der Waals surface area (Å²) in [5.74, 6) is 0. The average Bonchev–Trinajstić information content (AvgIpc) is 3.78. The van der Waals surface area contributed by atoms with Crippen LogP contribution in [0.2, 0.25) is 0 Å². The third-order valence-corrected chi connectivity index (χ3v) is 11.9. The van der Waals surface area contributed by atoms with Crippen molar-refractivity contribution in [1.82, 2.24) is 9.13 Å². The zero-order valence-corrected chi connectivity index (χ0v) is 33.1. The highest BCUT2D eigenvalue weighted by atomic mass is 79.9. The average molecular weight is 846 g/mol. The zero-order valence-electron chi connectivity index (χ0n) is 31.5. The molecule has 2 N–H and O–H groups in total. The molecule has 10 heteroatoms. The first-order valence-electron chi connectivity index (χ1n) is 19.3. The van der Waals surface area contributed by atoms with Crippen molar-refractivity contribution >= 4 is 116 Å². The zero-order chi connectivity index (χ0) is 40.6. The summed E-state index contributed by atoms with van der Waals surface area (Å²) in [6, 6.07) is 55.0. The van der Waals surface area contributed by atoms with E-state index < -0.39 is 7.12 Å². The van der Waals surface area contributed by atoms with E-state index in [9.17, 15) is 19.6 Å². The maximum atomic E-state index is 12.8. The van der Waals surface area contributed by atoms with E-state index in [1.165, 1.54) is 0 Å². The molecule has 0 aliphatic carbocycles. The SMILES string of the molecule is O=c1oc2ccccc2c2cc3c4ccccc4n(-c4ccc(B(O)O)cc4)c3cc12.O=c1oc2ccccc2c2cc3c4ccccc4n(-c4ccc(Br)cc4)c3cc12. The Bertz CT molecular complexity index is 3810. The van der Waals surface area contributed by atoms with Gasteiger partial charge in [-0.2, -0.15) is 0 Å². The van der Waals surface area contributed by atoms with Crippen molar-refractivity contribution < 1.29 is 18.9 Å². The van der Waals surface area contributed by atoms with E-state index in [4.69, 9.17) is 8.83 Å². The second-order valence-corrected chi connectivity index (χ2v) is 15.7. The first-order valence-corrected chi connectivity index (χ1v) is 20.1. The molecule has 8 nitrogen and oxygen atoms in total. The number of fused-ring (bicyclic) bond motifs is 12. The second-order valence-electron chi connectivity index (χ2n) is 14.7. The predicted molar refractivity (Wildman–Crippen MR) is 246 cm³/mol. The lowest BCUT2D eigenvalue weighted by molar-refractivity contribution is 0.426. The molecule has 4 aromatic heterocycles. The fourth-order valence-corrected chi connectivity index (χ4v) is 8.89. The van der Waals surface area contributed by atoms with Gasteiger partial charge >= 0.3 is 18.4 Å². The standard InChI is InChI=1S/C25H16BNO4.C25H14BrNO2/c28-25-21-14-23-20(13-19(21)18-6-2-4-8-24(18)31-25)17-5-1-3-7-22(17)27(23)16-11-9-15(10-12-16)26(29)30;26-15-9-11-16(12-10-15)27-22-7-3-1-5-17(22)20-13-19-18-6-2-4-8-24(18)29-25(28)21(19)14-23(20)27/h1-14,29-30H;1-14H. The van der Waals surface area contributed by atoms with Gasteiger partial charge in [-0.25, -0.2) is 9.59 Å². The van der Waals surface area contributed by atoms with E-state index in [1.807, 2.05) is 103 Å². The lowest BCUT2D eigenvalue weighted by Gasteiger charge is -2.09. The van der Waals surface area contributed by atoms with Gasteiger partial charge in [0.25, 0.3) is 0 Å². The minimum absolute atomic E-state index is 0.312. The van der Waals surface area contributed by atoms with E-state index in [1.54, 1.807) is 18.2 Å². The maximum Gasteiger partial charge on any atom is 0.488 e. The van der Waals surface area contributed by atoms with Crippen LogP contribution in [0.5, 0.6) is 0 Å². The van der Waals surface area contributed by atoms with Crippen molar-refractivity contribution in [2.24, 2.45) is 0 Å². The van der Waals surface area contributed by atoms with Gasteiger partial charge < -0.3 is 28.0 Å². The van der Waals surface area contributed by atoms with E-state index >= 15 is 0 Å². The van der Waals surface area contributed by atoms with Gasteiger partial charge in [-0.3, -0.25) is 0 Å². The first-order chi connectivity index (χ1) is 29.3. The van der Waals surface area contributed by atoms with Crippen LogP contribution in [-0.2, 0) is 0 Å². The van der Waals surface area contributed by atoms with Crippen LogP contribution in [0, 0.1) is 0 Å². The minimum Gasteiger partial charge on any atom is -0.423 e. The summed E-state index contributed by atoms with van der Waals surface area (Å²) < 4.78 is 16.5. The Morgan fingerprint density at radius 3 is 1.25 bits per heavy atom. The molecule has 286 valence electrons. The van der Waals surface area contributed by atoms with Gasteiger partial charge in [-0.05, 0) is 90.4 Å².